The lowest BCUT2D eigenvalue weighted by Crippen LogP contribution is -2.45. The fraction of sp³-hybridized carbons (Fsp3) is 0.538. The molecule has 1 saturated heterocycles. The topological polar surface area (TPSA) is 49.4 Å². The maximum absolute atomic E-state index is 11.5. The van der Waals surface area contributed by atoms with E-state index in [1.807, 2.05) is 6.07 Å². The second-order valence-corrected chi connectivity index (χ2v) is 7.32. The Morgan fingerprint density at radius 1 is 1.21 bits per heavy atom. The van der Waals surface area contributed by atoms with E-state index < -0.39 is 10.0 Å². The third kappa shape index (κ3) is 2.47. The van der Waals surface area contributed by atoms with Gasteiger partial charge < -0.3 is 5.32 Å². The molecule has 0 amide bonds. The van der Waals surface area contributed by atoms with Crippen LogP contribution in [0, 0.1) is 0 Å². The number of rotatable bonds is 1. The SMILES string of the molecule is CS(=O)(=O)N1CCC2(CC1)CNc1ccccc12.Cl. The molecule has 0 atom stereocenters. The zero-order valence-corrected chi connectivity index (χ0v) is 12.6. The maximum atomic E-state index is 11.5. The Balaban J connectivity index is 0.00000133. The van der Waals surface area contributed by atoms with Crippen molar-refractivity contribution >= 4 is 28.1 Å². The van der Waals surface area contributed by atoms with E-state index in [0.717, 1.165) is 19.4 Å². The minimum absolute atomic E-state index is 0. The minimum atomic E-state index is -3.04. The molecule has 106 valence electrons. The summed E-state index contributed by atoms with van der Waals surface area (Å²) in [6, 6.07) is 8.38. The van der Waals surface area contributed by atoms with Crippen molar-refractivity contribution in [3.8, 4) is 0 Å². The van der Waals surface area contributed by atoms with E-state index >= 15 is 0 Å². The molecular weight excluding hydrogens is 284 g/mol. The van der Waals surface area contributed by atoms with Gasteiger partial charge in [-0.05, 0) is 24.5 Å². The molecule has 1 aromatic carbocycles. The molecule has 0 unspecified atom stereocenters. The Hall–Kier alpha value is -0.780. The molecule has 0 aromatic heterocycles. The van der Waals surface area contributed by atoms with Gasteiger partial charge in [0.2, 0.25) is 10.0 Å². The van der Waals surface area contributed by atoms with E-state index in [0.29, 0.717) is 13.1 Å². The fourth-order valence-corrected chi connectivity index (χ4v) is 4.00. The molecule has 1 N–H and O–H groups in total. The maximum Gasteiger partial charge on any atom is 0.211 e. The van der Waals surface area contributed by atoms with Crippen molar-refractivity contribution < 1.29 is 8.42 Å². The number of hydrogen-bond acceptors (Lipinski definition) is 3. The summed E-state index contributed by atoms with van der Waals surface area (Å²) < 4.78 is 24.7. The van der Waals surface area contributed by atoms with Crippen LogP contribution in [0.3, 0.4) is 0 Å². The predicted molar refractivity (Wildman–Crippen MR) is 79.5 cm³/mol. The van der Waals surface area contributed by atoms with Gasteiger partial charge in [0.25, 0.3) is 0 Å². The Kier molecular flexibility index (Phi) is 3.82. The first kappa shape index (κ1) is 14.6. The van der Waals surface area contributed by atoms with Gasteiger partial charge in [0, 0.05) is 30.7 Å². The molecule has 6 heteroatoms. The standard InChI is InChI=1S/C13H18N2O2S.ClH/c1-18(16,17)15-8-6-13(7-9-15)10-14-12-5-3-2-4-11(12)13;/h2-5,14H,6-10H2,1H3;1H. The summed E-state index contributed by atoms with van der Waals surface area (Å²) in [7, 11) is -3.04. The normalized spacial score (nSPS) is 21.5. The summed E-state index contributed by atoms with van der Waals surface area (Å²) in [6.45, 7) is 2.20. The van der Waals surface area contributed by atoms with Gasteiger partial charge >= 0.3 is 0 Å². The van der Waals surface area contributed by atoms with Crippen molar-refractivity contribution in [2.24, 2.45) is 0 Å². The number of halogens is 1. The van der Waals surface area contributed by atoms with Crippen LogP contribution in [0.4, 0.5) is 5.69 Å². The van der Waals surface area contributed by atoms with E-state index in [2.05, 4.69) is 23.5 Å². The summed E-state index contributed by atoms with van der Waals surface area (Å²) in [5.74, 6) is 0. The number of sulfonamides is 1. The van der Waals surface area contributed by atoms with E-state index in [4.69, 9.17) is 0 Å². The smallest absolute Gasteiger partial charge is 0.211 e. The average Bonchev–Trinajstić information content (AvgIpc) is 2.69. The first-order valence-corrected chi connectivity index (χ1v) is 8.15. The fourth-order valence-electron chi connectivity index (χ4n) is 3.15. The molecule has 0 saturated carbocycles. The summed E-state index contributed by atoms with van der Waals surface area (Å²) in [5.41, 5.74) is 2.71. The molecule has 1 spiro atoms. The van der Waals surface area contributed by atoms with Crippen LogP contribution >= 0.6 is 12.4 Å². The summed E-state index contributed by atoms with van der Waals surface area (Å²) >= 11 is 0. The van der Waals surface area contributed by atoms with E-state index in [-0.39, 0.29) is 17.8 Å². The first-order valence-electron chi connectivity index (χ1n) is 6.30. The number of piperidine rings is 1. The average molecular weight is 303 g/mol. The van der Waals surface area contributed by atoms with Gasteiger partial charge in [0.15, 0.2) is 0 Å². The van der Waals surface area contributed by atoms with Crippen molar-refractivity contribution in [2.45, 2.75) is 18.3 Å². The Labute approximate surface area is 120 Å². The summed E-state index contributed by atoms with van der Waals surface area (Å²) in [5, 5.41) is 3.45. The molecule has 19 heavy (non-hydrogen) atoms. The predicted octanol–water partition coefficient (Wildman–Crippen LogP) is 1.83. The van der Waals surface area contributed by atoms with Crippen LogP contribution in [0.15, 0.2) is 24.3 Å². The highest BCUT2D eigenvalue weighted by atomic mass is 35.5. The number of fused-ring (bicyclic) bond motifs is 2. The highest BCUT2D eigenvalue weighted by Gasteiger charge is 2.42. The number of para-hydroxylation sites is 1. The largest absolute Gasteiger partial charge is 0.384 e. The third-order valence-electron chi connectivity index (χ3n) is 4.26. The monoisotopic (exact) mass is 302 g/mol. The van der Waals surface area contributed by atoms with Crippen LogP contribution in [0.5, 0.6) is 0 Å². The molecule has 2 heterocycles. The molecule has 0 aliphatic carbocycles. The van der Waals surface area contributed by atoms with Crippen molar-refractivity contribution in [3.63, 3.8) is 0 Å². The Bertz CT molecular complexity index is 566. The summed E-state index contributed by atoms with van der Waals surface area (Å²) in [4.78, 5) is 0. The first-order chi connectivity index (χ1) is 8.51. The van der Waals surface area contributed by atoms with Crippen LogP contribution in [0.25, 0.3) is 0 Å². The van der Waals surface area contributed by atoms with Gasteiger partial charge in [-0.2, -0.15) is 0 Å². The van der Waals surface area contributed by atoms with Gasteiger partial charge in [0.05, 0.1) is 6.26 Å². The number of nitrogens with zero attached hydrogens (tertiary/aromatic N) is 1. The zero-order chi connectivity index (χ0) is 12.8. The molecule has 1 aromatic rings. The highest BCUT2D eigenvalue weighted by Crippen LogP contribution is 2.43. The third-order valence-corrected chi connectivity index (χ3v) is 5.57. The van der Waals surface area contributed by atoms with Crippen molar-refractivity contribution in [1.29, 1.82) is 0 Å². The molecule has 0 radical (unpaired) electrons. The molecule has 2 aliphatic rings. The van der Waals surface area contributed by atoms with Gasteiger partial charge in [-0.3, -0.25) is 0 Å². The number of nitrogens with one attached hydrogen (secondary N) is 1. The summed E-state index contributed by atoms with van der Waals surface area (Å²) in [6.07, 6.45) is 3.11. The number of anilines is 1. The second-order valence-electron chi connectivity index (χ2n) is 5.34. The van der Waals surface area contributed by atoms with Crippen LogP contribution in [0.2, 0.25) is 0 Å². The zero-order valence-electron chi connectivity index (χ0n) is 10.9. The molecule has 4 nitrogen and oxygen atoms in total. The van der Waals surface area contributed by atoms with Gasteiger partial charge in [-0.15, -0.1) is 12.4 Å². The molecule has 0 bridgehead atoms. The van der Waals surface area contributed by atoms with Crippen molar-refractivity contribution in [2.75, 3.05) is 31.2 Å². The van der Waals surface area contributed by atoms with Crippen molar-refractivity contribution in [1.82, 2.24) is 4.31 Å². The van der Waals surface area contributed by atoms with Crippen LogP contribution in [0.1, 0.15) is 18.4 Å². The van der Waals surface area contributed by atoms with Crippen LogP contribution in [-0.4, -0.2) is 38.6 Å². The Morgan fingerprint density at radius 2 is 1.84 bits per heavy atom. The van der Waals surface area contributed by atoms with E-state index in [1.165, 1.54) is 17.5 Å². The minimum Gasteiger partial charge on any atom is -0.384 e. The molecule has 1 fully saturated rings. The second kappa shape index (κ2) is 4.96. The Morgan fingerprint density at radius 3 is 2.47 bits per heavy atom. The van der Waals surface area contributed by atoms with Gasteiger partial charge in [-0.25, -0.2) is 12.7 Å². The van der Waals surface area contributed by atoms with E-state index in [1.54, 1.807) is 4.31 Å². The highest BCUT2D eigenvalue weighted by molar-refractivity contribution is 7.88. The quantitative estimate of drug-likeness (QED) is 0.861. The molecule has 3 rings (SSSR count). The molecule has 2 aliphatic heterocycles. The van der Waals surface area contributed by atoms with Crippen LogP contribution in [-0.2, 0) is 15.4 Å². The molecular formula is C13H19ClN2O2S. The van der Waals surface area contributed by atoms with Gasteiger partial charge in [-0.1, -0.05) is 18.2 Å². The van der Waals surface area contributed by atoms with E-state index in [9.17, 15) is 8.42 Å². The van der Waals surface area contributed by atoms with Crippen LogP contribution < -0.4 is 5.32 Å². The lowest BCUT2D eigenvalue weighted by molar-refractivity contribution is 0.250. The van der Waals surface area contributed by atoms with Gasteiger partial charge in [0.1, 0.15) is 0 Å². The number of benzene rings is 1. The van der Waals surface area contributed by atoms with Crippen molar-refractivity contribution in [3.05, 3.63) is 29.8 Å². The lowest BCUT2D eigenvalue weighted by atomic mass is 9.75. The number of hydrogen-bond donors (Lipinski definition) is 1. The lowest BCUT2D eigenvalue weighted by Gasteiger charge is -2.38.